The van der Waals surface area contributed by atoms with Gasteiger partial charge in [-0.2, -0.15) is 0 Å². The molecule has 0 aliphatic heterocycles. The first-order valence-electron chi connectivity index (χ1n) is 11.0. The summed E-state index contributed by atoms with van der Waals surface area (Å²) in [5.74, 6) is 1.94. The topological polar surface area (TPSA) is 65.3 Å². The zero-order valence-corrected chi connectivity index (χ0v) is 19.1. The molecule has 0 unspecified atom stereocenters. The molecular formula is C26H26FN3O4. The van der Waals surface area contributed by atoms with E-state index in [2.05, 4.69) is 0 Å². The Morgan fingerprint density at radius 2 is 1.65 bits per heavy atom. The van der Waals surface area contributed by atoms with Gasteiger partial charge in [-0.25, -0.2) is 9.37 Å². The van der Waals surface area contributed by atoms with E-state index in [4.69, 9.17) is 19.2 Å². The number of ether oxygens (including phenoxy) is 3. The highest BCUT2D eigenvalue weighted by Gasteiger charge is 2.22. The molecule has 0 saturated heterocycles. The molecule has 2 aromatic carbocycles. The number of imidazole rings is 1. The number of aryl methyl sites for hydroxylation is 1. The van der Waals surface area contributed by atoms with Crippen LogP contribution in [0.1, 0.15) is 12.6 Å². The molecule has 0 fully saturated rings. The van der Waals surface area contributed by atoms with Crippen molar-refractivity contribution < 1.29 is 23.4 Å². The lowest BCUT2D eigenvalue weighted by Gasteiger charge is -2.18. The zero-order chi connectivity index (χ0) is 23.9. The predicted octanol–water partition coefficient (Wildman–Crippen LogP) is 4.54. The fraction of sp³-hybridized carbons (Fsp3) is 0.231. The molecule has 0 saturated carbocycles. The van der Waals surface area contributed by atoms with Gasteiger partial charge in [-0.3, -0.25) is 14.1 Å². The number of rotatable bonds is 10. The van der Waals surface area contributed by atoms with Crippen LogP contribution in [0.25, 0.3) is 5.65 Å². The molecule has 0 atom stereocenters. The number of hydrogen-bond donors (Lipinski definition) is 0. The highest BCUT2D eigenvalue weighted by Crippen LogP contribution is 2.28. The van der Waals surface area contributed by atoms with E-state index in [1.165, 1.54) is 12.1 Å². The van der Waals surface area contributed by atoms with Gasteiger partial charge in [0.15, 0.2) is 18.0 Å². The Hall–Kier alpha value is -4.07. The Morgan fingerprint density at radius 1 is 0.941 bits per heavy atom. The predicted molar refractivity (Wildman–Crippen MR) is 127 cm³/mol. The van der Waals surface area contributed by atoms with Crippen molar-refractivity contribution in [3.8, 4) is 17.2 Å². The van der Waals surface area contributed by atoms with E-state index in [9.17, 15) is 9.18 Å². The average Bonchev–Trinajstić information content (AvgIpc) is 3.26. The van der Waals surface area contributed by atoms with Crippen LogP contribution < -0.4 is 19.1 Å². The van der Waals surface area contributed by atoms with Crippen molar-refractivity contribution in [3.63, 3.8) is 0 Å². The molecule has 0 bridgehead atoms. The first-order chi connectivity index (χ1) is 16.6. The van der Waals surface area contributed by atoms with Crippen molar-refractivity contribution in [2.75, 3.05) is 31.8 Å². The number of para-hydroxylation sites is 1. The molecule has 34 heavy (non-hydrogen) atoms. The third kappa shape index (κ3) is 5.28. The van der Waals surface area contributed by atoms with E-state index >= 15 is 0 Å². The van der Waals surface area contributed by atoms with Crippen LogP contribution in [0.2, 0.25) is 0 Å². The van der Waals surface area contributed by atoms with Crippen molar-refractivity contribution in [2.45, 2.75) is 13.3 Å². The monoisotopic (exact) mass is 463 g/mol. The van der Waals surface area contributed by atoms with Gasteiger partial charge in [-0.1, -0.05) is 25.1 Å². The Balaban J connectivity index is 1.45. The summed E-state index contributed by atoms with van der Waals surface area (Å²) in [6, 6.07) is 18.7. The molecule has 176 valence electrons. The van der Waals surface area contributed by atoms with E-state index in [0.29, 0.717) is 35.1 Å². The van der Waals surface area contributed by atoms with Gasteiger partial charge in [0.1, 0.15) is 36.3 Å². The van der Waals surface area contributed by atoms with Crippen molar-refractivity contribution in [1.82, 2.24) is 9.38 Å². The van der Waals surface area contributed by atoms with Gasteiger partial charge in [0, 0.05) is 13.2 Å². The van der Waals surface area contributed by atoms with Crippen LogP contribution in [0.3, 0.4) is 0 Å². The number of anilines is 1. The second kappa shape index (κ2) is 10.7. The van der Waals surface area contributed by atoms with Gasteiger partial charge in [0.05, 0.1) is 5.69 Å². The van der Waals surface area contributed by atoms with E-state index in [1.807, 2.05) is 60.0 Å². The third-order valence-electron chi connectivity index (χ3n) is 5.21. The molecule has 0 spiro atoms. The molecular weight excluding hydrogens is 437 g/mol. The van der Waals surface area contributed by atoms with Gasteiger partial charge < -0.3 is 14.2 Å². The molecule has 8 heteroatoms. The molecule has 2 aromatic heterocycles. The lowest BCUT2D eigenvalue weighted by Crippen LogP contribution is -2.32. The SMILES string of the molecule is CCc1nc2c(OCCOc3ccc(F)cc3)cccn2c1N(C)C(=O)COc1ccccc1. The van der Waals surface area contributed by atoms with Gasteiger partial charge in [0.25, 0.3) is 5.91 Å². The number of likely N-dealkylation sites (N-methyl/N-ethyl adjacent to an activating group) is 1. The summed E-state index contributed by atoms with van der Waals surface area (Å²) in [6.07, 6.45) is 2.49. The lowest BCUT2D eigenvalue weighted by molar-refractivity contribution is -0.120. The van der Waals surface area contributed by atoms with E-state index in [0.717, 1.165) is 5.69 Å². The molecule has 0 N–H and O–H groups in total. The summed E-state index contributed by atoms with van der Waals surface area (Å²) >= 11 is 0. The van der Waals surface area contributed by atoms with Crippen molar-refractivity contribution >= 4 is 17.4 Å². The highest BCUT2D eigenvalue weighted by molar-refractivity contribution is 5.94. The quantitative estimate of drug-likeness (QED) is 0.323. The molecule has 0 radical (unpaired) electrons. The number of halogens is 1. The largest absolute Gasteiger partial charge is 0.490 e. The first kappa shape index (κ1) is 23.1. The van der Waals surface area contributed by atoms with Crippen LogP contribution >= 0.6 is 0 Å². The maximum atomic E-state index is 13.0. The van der Waals surface area contributed by atoms with Crippen LogP contribution in [0.4, 0.5) is 10.2 Å². The minimum absolute atomic E-state index is 0.0895. The molecule has 7 nitrogen and oxygen atoms in total. The fourth-order valence-corrected chi connectivity index (χ4v) is 3.50. The number of carbonyl (C=O) groups excluding carboxylic acids is 1. The van der Waals surface area contributed by atoms with Crippen LogP contribution in [-0.4, -0.2) is 42.2 Å². The highest BCUT2D eigenvalue weighted by atomic mass is 19.1. The standard InChI is InChI=1S/C26H26FN3O4/c1-3-22-26(29(2)24(31)18-34-20-8-5-4-6-9-20)30-15-7-10-23(25(30)28-22)33-17-16-32-21-13-11-19(27)12-14-21/h4-15H,3,16-18H2,1-2H3. The maximum absolute atomic E-state index is 13.0. The normalized spacial score (nSPS) is 10.8. The second-order valence-electron chi connectivity index (χ2n) is 7.51. The van der Waals surface area contributed by atoms with Crippen LogP contribution in [0.5, 0.6) is 17.2 Å². The summed E-state index contributed by atoms with van der Waals surface area (Å²) in [5.41, 5.74) is 1.38. The Morgan fingerprint density at radius 3 is 2.38 bits per heavy atom. The number of benzene rings is 2. The number of nitrogens with zero attached hydrogens (tertiary/aromatic N) is 3. The van der Waals surface area contributed by atoms with Gasteiger partial charge in [0.2, 0.25) is 0 Å². The lowest BCUT2D eigenvalue weighted by atomic mass is 10.3. The summed E-state index contributed by atoms with van der Waals surface area (Å²) in [6.45, 7) is 2.46. The van der Waals surface area contributed by atoms with Gasteiger partial charge in [-0.15, -0.1) is 0 Å². The number of amides is 1. The minimum Gasteiger partial charge on any atom is -0.490 e. The Labute approximate surface area is 197 Å². The van der Waals surface area contributed by atoms with Crippen molar-refractivity contribution in [3.05, 3.63) is 84.4 Å². The van der Waals surface area contributed by atoms with E-state index in [1.54, 1.807) is 24.1 Å². The maximum Gasteiger partial charge on any atom is 0.265 e. The Bertz CT molecular complexity index is 1240. The molecule has 2 heterocycles. The molecule has 4 rings (SSSR count). The molecule has 4 aromatic rings. The summed E-state index contributed by atoms with van der Waals surface area (Å²) in [5, 5.41) is 0. The van der Waals surface area contributed by atoms with Crippen LogP contribution in [0, 0.1) is 5.82 Å². The molecule has 1 amide bonds. The third-order valence-corrected chi connectivity index (χ3v) is 5.21. The number of fused-ring (bicyclic) bond motifs is 1. The number of pyridine rings is 1. The average molecular weight is 464 g/mol. The zero-order valence-electron chi connectivity index (χ0n) is 19.1. The second-order valence-corrected chi connectivity index (χ2v) is 7.51. The first-order valence-corrected chi connectivity index (χ1v) is 11.0. The molecule has 0 aliphatic carbocycles. The summed E-state index contributed by atoms with van der Waals surface area (Å²) in [7, 11) is 1.71. The smallest absolute Gasteiger partial charge is 0.265 e. The summed E-state index contributed by atoms with van der Waals surface area (Å²) in [4.78, 5) is 19.1. The number of hydrogen-bond acceptors (Lipinski definition) is 5. The number of aromatic nitrogens is 2. The van der Waals surface area contributed by atoms with E-state index < -0.39 is 0 Å². The minimum atomic E-state index is -0.313. The fourth-order valence-electron chi connectivity index (χ4n) is 3.50. The van der Waals surface area contributed by atoms with Crippen LogP contribution in [-0.2, 0) is 11.2 Å². The van der Waals surface area contributed by atoms with Crippen molar-refractivity contribution in [1.29, 1.82) is 0 Å². The van der Waals surface area contributed by atoms with Crippen molar-refractivity contribution in [2.24, 2.45) is 0 Å². The van der Waals surface area contributed by atoms with Gasteiger partial charge in [-0.05, 0) is 55.0 Å². The Kier molecular flexibility index (Phi) is 7.27. The summed E-state index contributed by atoms with van der Waals surface area (Å²) < 4.78 is 32.0. The number of carbonyl (C=O) groups is 1. The van der Waals surface area contributed by atoms with E-state index in [-0.39, 0.29) is 31.5 Å². The van der Waals surface area contributed by atoms with Gasteiger partial charge >= 0.3 is 0 Å². The molecule has 0 aliphatic rings. The van der Waals surface area contributed by atoms with Crippen LogP contribution in [0.15, 0.2) is 72.9 Å².